The van der Waals surface area contributed by atoms with Crippen molar-refractivity contribution in [2.75, 3.05) is 7.11 Å². The van der Waals surface area contributed by atoms with E-state index in [0.717, 1.165) is 0 Å². The summed E-state index contributed by atoms with van der Waals surface area (Å²) in [6.07, 6.45) is -0.797. The molecule has 0 radical (unpaired) electrons. The van der Waals surface area contributed by atoms with E-state index in [1.54, 1.807) is 42.5 Å². The molecule has 7 nitrogen and oxygen atoms in total. The van der Waals surface area contributed by atoms with E-state index in [1.165, 1.54) is 26.0 Å². The van der Waals surface area contributed by atoms with Gasteiger partial charge in [0.25, 0.3) is 0 Å². The number of hydrogen-bond acceptors (Lipinski definition) is 6. The van der Waals surface area contributed by atoms with Crippen LogP contribution < -0.4 is 9.47 Å². The fraction of sp³-hybridized carbons (Fsp3) is 0.211. The maximum absolute atomic E-state index is 12.1. The van der Waals surface area contributed by atoms with E-state index in [9.17, 15) is 9.59 Å². The monoisotopic (exact) mass is 388 g/mol. The Morgan fingerprint density at radius 2 is 1.89 bits per heavy atom. The Balaban J connectivity index is 1.96. The molecule has 8 heteroatoms. The highest BCUT2D eigenvalue weighted by Gasteiger charge is 2.34. The van der Waals surface area contributed by atoms with Crippen LogP contribution in [0.4, 0.5) is 0 Å². The molecule has 0 fully saturated rings. The second kappa shape index (κ2) is 7.67. The Bertz CT molecular complexity index is 928. The normalized spacial score (nSPS) is 15.8. The molecule has 1 atom stereocenters. The van der Waals surface area contributed by atoms with Gasteiger partial charge in [0, 0.05) is 19.4 Å². The van der Waals surface area contributed by atoms with Crippen LogP contribution in [0.25, 0.3) is 0 Å². The molecule has 140 valence electrons. The zero-order chi connectivity index (χ0) is 19.6. The van der Waals surface area contributed by atoms with Gasteiger partial charge in [0.15, 0.2) is 11.5 Å². The van der Waals surface area contributed by atoms with E-state index in [1.807, 2.05) is 0 Å². The Labute approximate surface area is 161 Å². The van der Waals surface area contributed by atoms with E-state index >= 15 is 0 Å². The molecule has 3 rings (SSSR count). The molecule has 27 heavy (non-hydrogen) atoms. The minimum absolute atomic E-state index is 0.240. The number of hydrogen-bond donors (Lipinski definition) is 0. The minimum Gasteiger partial charge on any atom is -0.493 e. The molecule has 1 aliphatic rings. The van der Waals surface area contributed by atoms with Gasteiger partial charge in [-0.1, -0.05) is 23.7 Å². The summed E-state index contributed by atoms with van der Waals surface area (Å²) >= 11 is 6.21. The first-order chi connectivity index (χ1) is 12.9. The highest BCUT2D eigenvalue weighted by Crippen LogP contribution is 2.36. The van der Waals surface area contributed by atoms with E-state index in [-0.39, 0.29) is 17.6 Å². The van der Waals surface area contributed by atoms with Crippen molar-refractivity contribution >= 4 is 29.4 Å². The number of halogens is 1. The molecule has 0 aromatic heterocycles. The van der Waals surface area contributed by atoms with Crippen LogP contribution in [0.15, 0.2) is 47.6 Å². The molecule has 1 aliphatic heterocycles. The van der Waals surface area contributed by atoms with Gasteiger partial charge in [-0.15, -0.1) is 5.10 Å². The molecule has 0 aliphatic carbocycles. The lowest BCUT2D eigenvalue weighted by atomic mass is 10.1. The summed E-state index contributed by atoms with van der Waals surface area (Å²) in [7, 11) is 1.45. The van der Waals surface area contributed by atoms with Crippen molar-refractivity contribution in [3.8, 4) is 11.5 Å². The molecular formula is C19H17ClN2O5. The van der Waals surface area contributed by atoms with Crippen LogP contribution in [0.3, 0.4) is 0 Å². The number of rotatable bonds is 4. The van der Waals surface area contributed by atoms with Crippen molar-refractivity contribution in [2.24, 2.45) is 5.10 Å². The lowest BCUT2D eigenvalue weighted by Gasteiger charge is -2.20. The molecule has 0 spiro atoms. The Morgan fingerprint density at radius 1 is 1.15 bits per heavy atom. The summed E-state index contributed by atoms with van der Waals surface area (Å²) in [5, 5.41) is 5.95. The average molecular weight is 389 g/mol. The second-order valence-electron chi connectivity index (χ2n) is 5.72. The molecule has 0 N–H and O–H groups in total. The van der Waals surface area contributed by atoms with Gasteiger partial charge in [-0.2, -0.15) is 5.01 Å². The lowest BCUT2D eigenvalue weighted by Crippen LogP contribution is -2.25. The van der Waals surface area contributed by atoms with Gasteiger partial charge in [-0.3, -0.25) is 9.59 Å². The number of amides is 1. The summed E-state index contributed by atoms with van der Waals surface area (Å²) in [4.78, 5) is 23.3. The van der Waals surface area contributed by atoms with Gasteiger partial charge < -0.3 is 14.2 Å². The molecule has 2 aromatic rings. The fourth-order valence-corrected chi connectivity index (χ4v) is 2.82. The van der Waals surface area contributed by atoms with Crippen molar-refractivity contribution in [3.63, 3.8) is 0 Å². The van der Waals surface area contributed by atoms with Crippen molar-refractivity contribution in [3.05, 3.63) is 58.6 Å². The van der Waals surface area contributed by atoms with Gasteiger partial charge in [-0.05, 0) is 30.3 Å². The number of carbonyl (C=O) groups excluding carboxylic acids is 2. The number of hydrazone groups is 1. The van der Waals surface area contributed by atoms with Crippen LogP contribution in [0.1, 0.15) is 31.2 Å². The maximum atomic E-state index is 12.1. The zero-order valence-electron chi connectivity index (χ0n) is 14.9. The highest BCUT2D eigenvalue weighted by molar-refractivity contribution is 6.33. The highest BCUT2D eigenvalue weighted by atomic mass is 35.5. The first-order valence-corrected chi connectivity index (χ1v) is 8.45. The van der Waals surface area contributed by atoms with Crippen molar-refractivity contribution in [1.29, 1.82) is 0 Å². The van der Waals surface area contributed by atoms with Gasteiger partial charge in [0.2, 0.25) is 18.0 Å². The summed E-state index contributed by atoms with van der Waals surface area (Å²) in [6, 6.07) is 11.9. The standard InChI is InChI=1S/C19H17ClN2O5/c1-11(23)22-19(27-18(21-22)14-6-4-5-7-15(14)20)13-8-9-16(26-12(2)24)17(10-13)25-3/h4-10,19H,1-3H3/t19-/m0/s1. The first-order valence-electron chi connectivity index (χ1n) is 8.07. The Hall–Kier alpha value is -3.06. The second-order valence-corrected chi connectivity index (χ2v) is 6.13. The van der Waals surface area contributed by atoms with Gasteiger partial charge >= 0.3 is 5.97 Å². The maximum Gasteiger partial charge on any atom is 0.308 e. The van der Waals surface area contributed by atoms with Crippen molar-refractivity contribution in [2.45, 2.75) is 20.1 Å². The quantitative estimate of drug-likeness (QED) is 0.591. The summed E-state index contributed by atoms with van der Waals surface area (Å²) in [5.74, 6) is 0.0798. The zero-order valence-corrected chi connectivity index (χ0v) is 15.7. The molecule has 0 saturated carbocycles. The predicted molar refractivity (Wildman–Crippen MR) is 98.6 cm³/mol. The largest absolute Gasteiger partial charge is 0.493 e. The Kier molecular flexibility index (Phi) is 5.32. The number of carbonyl (C=O) groups is 2. The van der Waals surface area contributed by atoms with Crippen LogP contribution in [-0.4, -0.2) is 29.9 Å². The van der Waals surface area contributed by atoms with E-state index in [2.05, 4.69) is 5.10 Å². The lowest BCUT2D eigenvalue weighted by molar-refractivity contribution is -0.135. The van der Waals surface area contributed by atoms with E-state index in [0.29, 0.717) is 21.9 Å². The van der Waals surface area contributed by atoms with E-state index in [4.69, 9.17) is 25.8 Å². The molecule has 2 aromatic carbocycles. The molecule has 1 amide bonds. The van der Waals surface area contributed by atoms with Crippen LogP contribution >= 0.6 is 11.6 Å². The fourth-order valence-electron chi connectivity index (χ4n) is 2.60. The molecule has 1 heterocycles. The smallest absolute Gasteiger partial charge is 0.308 e. The SMILES string of the molecule is COc1cc([C@@H]2OC(c3ccccc3Cl)=NN2C(C)=O)ccc1OC(C)=O. The summed E-state index contributed by atoms with van der Waals surface area (Å²) in [6.45, 7) is 2.69. The summed E-state index contributed by atoms with van der Waals surface area (Å²) in [5.41, 5.74) is 1.18. The predicted octanol–water partition coefficient (Wildman–Crippen LogP) is 3.51. The minimum atomic E-state index is -0.797. The van der Waals surface area contributed by atoms with Crippen LogP contribution in [0, 0.1) is 0 Å². The van der Waals surface area contributed by atoms with Gasteiger partial charge in [-0.25, -0.2) is 0 Å². The third kappa shape index (κ3) is 3.88. The third-order valence-electron chi connectivity index (χ3n) is 3.80. The molecular weight excluding hydrogens is 372 g/mol. The number of methoxy groups -OCH3 is 1. The van der Waals surface area contributed by atoms with Crippen molar-refractivity contribution < 1.29 is 23.8 Å². The van der Waals surface area contributed by atoms with Crippen LogP contribution in [-0.2, 0) is 14.3 Å². The van der Waals surface area contributed by atoms with E-state index < -0.39 is 12.2 Å². The Morgan fingerprint density at radius 3 is 2.52 bits per heavy atom. The van der Waals surface area contributed by atoms with Gasteiger partial charge in [0.05, 0.1) is 17.7 Å². The van der Waals surface area contributed by atoms with Gasteiger partial charge in [0.1, 0.15) is 0 Å². The van der Waals surface area contributed by atoms with Crippen LogP contribution in [0.2, 0.25) is 5.02 Å². The number of esters is 1. The molecule has 0 saturated heterocycles. The summed E-state index contributed by atoms with van der Waals surface area (Å²) < 4.78 is 16.3. The third-order valence-corrected chi connectivity index (χ3v) is 4.13. The molecule has 0 unspecified atom stereocenters. The van der Waals surface area contributed by atoms with Crippen LogP contribution in [0.5, 0.6) is 11.5 Å². The number of ether oxygens (including phenoxy) is 3. The average Bonchev–Trinajstić information content (AvgIpc) is 3.07. The topological polar surface area (TPSA) is 77.4 Å². The first kappa shape index (κ1) is 18.7. The number of benzene rings is 2. The van der Waals surface area contributed by atoms with Crippen molar-refractivity contribution in [1.82, 2.24) is 5.01 Å². The number of nitrogens with zero attached hydrogens (tertiary/aromatic N) is 2. The molecule has 0 bridgehead atoms.